The summed E-state index contributed by atoms with van der Waals surface area (Å²) in [5, 5.41) is 18.1. The Bertz CT molecular complexity index is 164. The van der Waals surface area contributed by atoms with E-state index in [0.717, 1.165) is 0 Å². The molecule has 2 unspecified atom stereocenters. The summed E-state index contributed by atoms with van der Waals surface area (Å²) in [5.74, 6) is -0.0637. The number of rotatable bonds is 0. The molecule has 1 saturated heterocycles. The number of nitrogens with zero attached hydrogens (tertiary/aromatic N) is 1. The zero-order valence-corrected chi connectivity index (χ0v) is 8.00. The smallest absolute Gasteiger partial charge is 0.157 e. The summed E-state index contributed by atoms with van der Waals surface area (Å²) in [7, 11) is 0. The first-order valence-electron chi connectivity index (χ1n) is 4.40. The third-order valence-corrected chi connectivity index (χ3v) is 2.00. The molecule has 1 aliphatic heterocycles. The second-order valence-electron chi connectivity index (χ2n) is 2.76. The fourth-order valence-electron chi connectivity index (χ4n) is 1.04. The van der Waals surface area contributed by atoms with Gasteiger partial charge in [0.15, 0.2) is 5.60 Å². The van der Waals surface area contributed by atoms with Crippen LogP contribution in [0.2, 0.25) is 0 Å². The van der Waals surface area contributed by atoms with Gasteiger partial charge in [0.2, 0.25) is 0 Å². The highest BCUT2D eigenvalue weighted by Gasteiger charge is 2.36. The summed E-state index contributed by atoms with van der Waals surface area (Å²) >= 11 is 0. The highest BCUT2D eigenvalue weighted by molar-refractivity contribution is 5.04. The molecule has 0 aliphatic carbocycles. The van der Waals surface area contributed by atoms with Crippen LogP contribution in [0.15, 0.2) is 0 Å². The van der Waals surface area contributed by atoms with E-state index in [9.17, 15) is 5.11 Å². The van der Waals surface area contributed by atoms with Crippen LogP contribution in [-0.4, -0.2) is 23.9 Å². The largest absolute Gasteiger partial charge is 0.381 e. The molecular weight excluding hydrogens is 154 g/mol. The maximum Gasteiger partial charge on any atom is 0.157 e. The van der Waals surface area contributed by atoms with Crippen LogP contribution in [0.5, 0.6) is 0 Å². The molecule has 0 amide bonds. The van der Waals surface area contributed by atoms with E-state index in [1.807, 2.05) is 26.8 Å². The maximum absolute atomic E-state index is 9.51. The van der Waals surface area contributed by atoms with Crippen LogP contribution in [0.3, 0.4) is 0 Å². The summed E-state index contributed by atoms with van der Waals surface area (Å²) in [6.07, 6.45) is 0.435. The quantitative estimate of drug-likeness (QED) is 0.559. The van der Waals surface area contributed by atoms with Crippen molar-refractivity contribution in [3.05, 3.63) is 0 Å². The molecular formula is C9H17NO2. The predicted octanol–water partition coefficient (Wildman–Crippen LogP) is 1.32. The minimum atomic E-state index is -1.14. The second kappa shape index (κ2) is 5.13. The summed E-state index contributed by atoms with van der Waals surface area (Å²) in [4.78, 5) is 0. The second-order valence-corrected chi connectivity index (χ2v) is 2.76. The van der Waals surface area contributed by atoms with E-state index in [1.165, 1.54) is 0 Å². The van der Waals surface area contributed by atoms with E-state index >= 15 is 0 Å². The number of hydrogen-bond donors (Lipinski definition) is 1. The van der Waals surface area contributed by atoms with Gasteiger partial charge in [0.1, 0.15) is 0 Å². The molecule has 3 heteroatoms. The van der Waals surface area contributed by atoms with Gasteiger partial charge in [-0.1, -0.05) is 20.8 Å². The Morgan fingerprint density at radius 1 is 1.58 bits per heavy atom. The molecule has 1 fully saturated rings. The van der Waals surface area contributed by atoms with Gasteiger partial charge in [-0.05, 0) is 0 Å². The molecule has 1 rings (SSSR count). The topological polar surface area (TPSA) is 53.2 Å². The lowest BCUT2D eigenvalue weighted by molar-refractivity contribution is -0.0706. The van der Waals surface area contributed by atoms with Gasteiger partial charge in [0, 0.05) is 12.3 Å². The molecule has 12 heavy (non-hydrogen) atoms. The Morgan fingerprint density at radius 2 is 2.17 bits per heavy atom. The van der Waals surface area contributed by atoms with Crippen molar-refractivity contribution >= 4 is 0 Å². The van der Waals surface area contributed by atoms with Crippen molar-refractivity contribution < 1.29 is 9.84 Å². The van der Waals surface area contributed by atoms with Gasteiger partial charge < -0.3 is 9.84 Å². The molecule has 0 bridgehead atoms. The first kappa shape index (κ1) is 11.4. The molecule has 1 aliphatic rings. The summed E-state index contributed by atoms with van der Waals surface area (Å²) in [6, 6.07) is 1.91. The third kappa shape index (κ3) is 2.47. The summed E-state index contributed by atoms with van der Waals surface area (Å²) in [6.45, 7) is 6.81. The lowest BCUT2D eigenvalue weighted by Crippen LogP contribution is -2.42. The van der Waals surface area contributed by atoms with E-state index < -0.39 is 5.60 Å². The van der Waals surface area contributed by atoms with E-state index in [2.05, 4.69) is 0 Å². The molecule has 0 aromatic rings. The zero-order chi connectivity index (χ0) is 9.61. The van der Waals surface area contributed by atoms with Crippen molar-refractivity contribution in [2.24, 2.45) is 5.92 Å². The first-order valence-corrected chi connectivity index (χ1v) is 4.40. The number of nitriles is 1. The Balaban J connectivity index is 0.000000561. The average molecular weight is 171 g/mol. The number of hydrogen-bond acceptors (Lipinski definition) is 3. The van der Waals surface area contributed by atoms with Crippen molar-refractivity contribution in [1.82, 2.24) is 0 Å². The number of ether oxygens (including phenoxy) is 1. The van der Waals surface area contributed by atoms with Crippen molar-refractivity contribution in [3.8, 4) is 6.07 Å². The van der Waals surface area contributed by atoms with Gasteiger partial charge in [0.05, 0.1) is 19.3 Å². The van der Waals surface area contributed by atoms with Crippen LogP contribution < -0.4 is 0 Å². The van der Waals surface area contributed by atoms with Crippen LogP contribution in [0.1, 0.15) is 27.2 Å². The first-order chi connectivity index (χ1) is 5.69. The molecule has 70 valence electrons. The van der Waals surface area contributed by atoms with Gasteiger partial charge in [-0.2, -0.15) is 5.26 Å². The van der Waals surface area contributed by atoms with Gasteiger partial charge in [-0.3, -0.25) is 0 Å². The van der Waals surface area contributed by atoms with E-state index in [0.29, 0.717) is 19.6 Å². The molecule has 0 spiro atoms. The molecule has 0 saturated carbocycles. The highest BCUT2D eigenvalue weighted by Crippen LogP contribution is 2.24. The molecule has 0 aromatic carbocycles. The lowest BCUT2D eigenvalue weighted by Gasteiger charge is -2.31. The van der Waals surface area contributed by atoms with E-state index in [1.54, 1.807) is 0 Å². The van der Waals surface area contributed by atoms with Gasteiger partial charge >= 0.3 is 0 Å². The normalized spacial score (nSPS) is 34.4. The Hall–Kier alpha value is -0.590. The predicted molar refractivity (Wildman–Crippen MR) is 46.5 cm³/mol. The minimum absolute atomic E-state index is 0.0637. The van der Waals surface area contributed by atoms with Crippen molar-refractivity contribution in [2.75, 3.05) is 13.2 Å². The molecule has 0 aromatic heterocycles. The fraction of sp³-hybridized carbons (Fsp3) is 0.889. The standard InChI is InChI=1S/C7H11NO2.C2H6/c1-6-4-10-3-2-7(6,9)5-8;1-2/h6,9H,2-4H2,1H3;1-2H3. The van der Waals surface area contributed by atoms with Crippen LogP contribution in [0.25, 0.3) is 0 Å². The fourth-order valence-corrected chi connectivity index (χ4v) is 1.04. The number of aliphatic hydroxyl groups is 1. The lowest BCUT2D eigenvalue weighted by atomic mass is 9.86. The third-order valence-electron chi connectivity index (χ3n) is 2.00. The van der Waals surface area contributed by atoms with Gasteiger partial charge in [0.25, 0.3) is 0 Å². The Labute approximate surface area is 74.0 Å². The van der Waals surface area contributed by atoms with Crippen LogP contribution >= 0.6 is 0 Å². The molecule has 3 nitrogen and oxygen atoms in total. The summed E-state index contributed by atoms with van der Waals surface area (Å²) < 4.78 is 5.07. The van der Waals surface area contributed by atoms with Gasteiger partial charge in [-0.15, -0.1) is 0 Å². The van der Waals surface area contributed by atoms with Crippen molar-refractivity contribution in [1.29, 1.82) is 5.26 Å². The zero-order valence-electron chi connectivity index (χ0n) is 8.00. The van der Waals surface area contributed by atoms with Gasteiger partial charge in [-0.25, -0.2) is 0 Å². The maximum atomic E-state index is 9.51. The van der Waals surface area contributed by atoms with Crippen molar-refractivity contribution in [3.63, 3.8) is 0 Å². The Kier molecular flexibility index (Phi) is 4.87. The molecule has 1 N–H and O–H groups in total. The van der Waals surface area contributed by atoms with Crippen LogP contribution in [-0.2, 0) is 4.74 Å². The minimum Gasteiger partial charge on any atom is -0.381 e. The monoisotopic (exact) mass is 171 g/mol. The Morgan fingerprint density at radius 3 is 2.50 bits per heavy atom. The molecule has 0 radical (unpaired) electrons. The van der Waals surface area contributed by atoms with Crippen LogP contribution in [0, 0.1) is 17.2 Å². The summed E-state index contributed by atoms with van der Waals surface area (Å²) in [5.41, 5.74) is -1.14. The van der Waals surface area contributed by atoms with E-state index in [-0.39, 0.29) is 5.92 Å². The van der Waals surface area contributed by atoms with E-state index in [4.69, 9.17) is 10.00 Å². The average Bonchev–Trinajstić information content (AvgIpc) is 2.14. The van der Waals surface area contributed by atoms with Crippen LogP contribution in [0.4, 0.5) is 0 Å². The molecule has 1 heterocycles. The SMILES string of the molecule is CC.CC1COCCC1(O)C#N. The van der Waals surface area contributed by atoms with Crippen molar-refractivity contribution in [2.45, 2.75) is 32.8 Å². The molecule has 2 atom stereocenters. The highest BCUT2D eigenvalue weighted by atomic mass is 16.5.